The van der Waals surface area contributed by atoms with Crippen molar-refractivity contribution in [2.24, 2.45) is 0 Å². The van der Waals surface area contributed by atoms with Crippen molar-refractivity contribution < 1.29 is 23.1 Å². The first-order chi connectivity index (χ1) is 14.9. The van der Waals surface area contributed by atoms with Gasteiger partial charge in [-0.15, -0.1) is 0 Å². The largest absolute Gasteiger partial charge is 0.416 e. The summed E-state index contributed by atoms with van der Waals surface area (Å²) >= 11 is 0. The van der Waals surface area contributed by atoms with Gasteiger partial charge in [0.05, 0.1) is 23.2 Å². The summed E-state index contributed by atoms with van der Waals surface area (Å²) in [5, 5.41) is 15.5. The third-order valence-corrected chi connectivity index (χ3v) is 4.77. The maximum absolute atomic E-state index is 12.7. The van der Waals surface area contributed by atoms with Crippen molar-refractivity contribution >= 4 is 28.4 Å². The Morgan fingerprint density at radius 2 is 1.74 bits per heavy atom. The molecule has 0 saturated carbocycles. The standard InChI is InChI=1S/C22H17F3N4O2/c23-22(24,25)14-5-7-15(8-6-14)28-21(31)29-18-11-27-20-19(18)17(9-10-26-20)16-4-2-1-3-13(16)12-30/h1-11,30H,12H2,(H,26,27)(H2,28,29,31). The zero-order valence-corrected chi connectivity index (χ0v) is 16.0. The van der Waals surface area contributed by atoms with E-state index >= 15 is 0 Å². The second-order valence-electron chi connectivity index (χ2n) is 6.75. The molecule has 158 valence electrons. The van der Waals surface area contributed by atoms with E-state index in [1.165, 1.54) is 12.1 Å². The molecule has 0 aliphatic heterocycles. The van der Waals surface area contributed by atoms with Gasteiger partial charge in [-0.2, -0.15) is 13.2 Å². The van der Waals surface area contributed by atoms with Crippen LogP contribution in [0.3, 0.4) is 0 Å². The Morgan fingerprint density at radius 1 is 1.00 bits per heavy atom. The number of aromatic nitrogens is 2. The Kier molecular flexibility index (Phi) is 5.35. The lowest BCUT2D eigenvalue weighted by atomic mass is 9.98. The van der Waals surface area contributed by atoms with Crippen molar-refractivity contribution in [1.82, 2.24) is 9.97 Å². The number of aliphatic hydroxyl groups is 1. The normalized spacial score (nSPS) is 11.5. The van der Waals surface area contributed by atoms with Crippen LogP contribution in [-0.4, -0.2) is 21.1 Å². The van der Waals surface area contributed by atoms with E-state index in [9.17, 15) is 23.1 Å². The number of hydrogen-bond acceptors (Lipinski definition) is 3. The first-order valence-corrected chi connectivity index (χ1v) is 9.27. The van der Waals surface area contributed by atoms with Gasteiger partial charge < -0.3 is 20.7 Å². The van der Waals surface area contributed by atoms with E-state index in [-0.39, 0.29) is 12.3 Å². The molecular formula is C22H17F3N4O2. The van der Waals surface area contributed by atoms with Crippen LogP contribution in [0.5, 0.6) is 0 Å². The van der Waals surface area contributed by atoms with Gasteiger partial charge in [-0.25, -0.2) is 9.78 Å². The van der Waals surface area contributed by atoms with Crippen molar-refractivity contribution in [3.63, 3.8) is 0 Å². The molecule has 4 aromatic rings. The highest BCUT2D eigenvalue weighted by molar-refractivity contribution is 6.09. The van der Waals surface area contributed by atoms with E-state index in [1.807, 2.05) is 18.2 Å². The number of rotatable bonds is 4. The summed E-state index contributed by atoms with van der Waals surface area (Å²) in [7, 11) is 0. The minimum atomic E-state index is -4.45. The summed E-state index contributed by atoms with van der Waals surface area (Å²) in [6.07, 6.45) is -1.25. The number of nitrogens with zero attached hydrogens (tertiary/aromatic N) is 1. The van der Waals surface area contributed by atoms with E-state index in [4.69, 9.17) is 0 Å². The molecule has 0 bridgehead atoms. The van der Waals surface area contributed by atoms with Gasteiger partial charge in [-0.3, -0.25) is 0 Å². The predicted octanol–water partition coefficient (Wildman–Crippen LogP) is 5.39. The number of fused-ring (bicyclic) bond motifs is 1. The molecule has 2 amide bonds. The third kappa shape index (κ3) is 4.22. The van der Waals surface area contributed by atoms with Crippen LogP contribution in [0.25, 0.3) is 22.2 Å². The molecule has 2 aromatic heterocycles. The lowest BCUT2D eigenvalue weighted by Crippen LogP contribution is -2.19. The number of H-pyrrole nitrogens is 1. The number of hydrogen-bond donors (Lipinski definition) is 4. The Hall–Kier alpha value is -3.85. The van der Waals surface area contributed by atoms with Crippen LogP contribution in [0.2, 0.25) is 0 Å². The molecule has 0 unspecified atom stereocenters. The Morgan fingerprint density at radius 3 is 2.45 bits per heavy atom. The second kappa shape index (κ2) is 8.11. The fourth-order valence-electron chi connectivity index (χ4n) is 3.33. The van der Waals surface area contributed by atoms with Gasteiger partial charge in [0.25, 0.3) is 0 Å². The molecule has 2 aromatic carbocycles. The van der Waals surface area contributed by atoms with Gasteiger partial charge >= 0.3 is 12.2 Å². The summed E-state index contributed by atoms with van der Waals surface area (Å²) in [4.78, 5) is 19.7. The average molecular weight is 426 g/mol. The molecule has 0 aliphatic rings. The molecule has 0 fully saturated rings. The van der Waals surface area contributed by atoms with E-state index in [1.54, 1.807) is 24.5 Å². The van der Waals surface area contributed by atoms with Gasteiger partial charge in [0.2, 0.25) is 0 Å². The quantitative estimate of drug-likeness (QED) is 0.353. The highest BCUT2D eigenvalue weighted by Gasteiger charge is 2.30. The summed E-state index contributed by atoms with van der Waals surface area (Å²) in [6, 6.07) is 12.7. The van der Waals surface area contributed by atoms with Crippen LogP contribution >= 0.6 is 0 Å². The number of aromatic amines is 1. The summed E-state index contributed by atoms with van der Waals surface area (Å²) in [5.74, 6) is 0. The molecule has 0 atom stereocenters. The van der Waals surface area contributed by atoms with Crippen LogP contribution in [-0.2, 0) is 12.8 Å². The first kappa shape index (κ1) is 20.4. The van der Waals surface area contributed by atoms with Crippen molar-refractivity contribution in [3.05, 3.63) is 78.1 Å². The van der Waals surface area contributed by atoms with Gasteiger partial charge in [0.1, 0.15) is 5.65 Å². The van der Waals surface area contributed by atoms with Gasteiger partial charge in [0.15, 0.2) is 0 Å². The fourth-order valence-corrected chi connectivity index (χ4v) is 3.33. The number of amides is 2. The summed E-state index contributed by atoms with van der Waals surface area (Å²) in [6.45, 7) is -0.151. The van der Waals surface area contributed by atoms with E-state index in [0.717, 1.165) is 28.8 Å². The number of aliphatic hydroxyl groups excluding tert-OH is 1. The molecule has 9 heteroatoms. The summed E-state index contributed by atoms with van der Waals surface area (Å²) in [5.41, 5.74) is 2.67. The smallest absolute Gasteiger partial charge is 0.392 e. The predicted molar refractivity (Wildman–Crippen MR) is 112 cm³/mol. The van der Waals surface area contributed by atoms with Crippen molar-refractivity contribution in [2.45, 2.75) is 12.8 Å². The Bertz CT molecular complexity index is 1230. The van der Waals surface area contributed by atoms with E-state index < -0.39 is 17.8 Å². The molecule has 0 radical (unpaired) electrons. The molecular weight excluding hydrogens is 409 g/mol. The van der Waals surface area contributed by atoms with Crippen LogP contribution in [0.15, 0.2) is 67.0 Å². The lowest BCUT2D eigenvalue weighted by molar-refractivity contribution is -0.137. The minimum Gasteiger partial charge on any atom is -0.392 e. The molecule has 31 heavy (non-hydrogen) atoms. The van der Waals surface area contributed by atoms with Crippen LogP contribution in [0.1, 0.15) is 11.1 Å². The highest BCUT2D eigenvalue weighted by Crippen LogP contribution is 2.35. The van der Waals surface area contributed by atoms with Crippen LogP contribution in [0, 0.1) is 0 Å². The fraction of sp³-hybridized carbons (Fsp3) is 0.0909. The monoisotopic (exact) mass is 426 g/mol. The lowest BCUT2D eigenvalue weighted by Gasteiger charge is -2.12. The molecule has 0 spiro atoms. The molecule has 0 saturated heterocycles. The molecule has 4 N–H and O–H groups in total. The number of halogens is 3. The number of alkyl halides is 3. The maximum Gasteiger partial charge on any atom is 0.416 e. The first-order valence-electron chi connectivity index (χ1n) is 9.27. The number of carbonyl (C=O) groups is 1. The number of benzene rings is 2. The van der Waals surface area contributed by atoms with Crippen LogP contribution in [0.4, 0.5) is 29.3 Å². The minimum absolute atomic E-state index is 0.151. The highest BCUT2D eigenvalue weighted by atomic mass is 19.4. The van der Waals surface area contributed by atoms with Gasteiger partial charge in [-0.1, -0.05) is 24.3 Å². The number of carbonyl (C=O) groups excluding carboxylic acids is 1. The second-order valence-corrected chi connectivity index (χ2v) is 6.75. The van der Waals surface area contributed by atoms with Crippen molar-refractivity contribution in [1.29, 1.82) is 0 Å². The topological polar surface area (TPSA) is 90.0 Å². The van der Waals surface area contributed by atoms with E-state index in [0.29, 0.717) is 16.7 Å². The van der Waals surface area contributed by atoms with Crippen LogP contribution < -0.4 is 10.6 Å². The molecule has 0 aliphatic carbocycles. The van der Waals surface area contributed by atoms with Gasteiger partial charge in [-0.05, 0) is 47.0 Å². The number of nitrogens with one attached hydrogen (secondary N) is 3. The number of anilines is 2. The van der Waals surface area contributed by atoms with Crippen molar-refractivity contribution in [3.8, 4) is 11.1 Å². The number of urea groups is 1. The van der Waals surface area contributed by atoms with Crippen molar-refractivity contribution in [2.75, 3.05) is 10.6 Å². The molecule has 6 nitrogen and oxygen atoms in total. The molecule has 2 heterocycles. The molecule has 4 rings (SSSR count). The maximum atomic E-state index is 12.7. The SMILES string of the molecule is O=C(Nc1ccc(C(F)(F)F)cc1)Nc1c[nH]c2nccc(-c3ccccc3CO)c12. The van der Waals surface area contributed by atoms with Gasteiger partial charge in [0, 0.05) is 18.1 Å². The zero-order valence-electron chi connectivity index (χ0n) is 16.0. The third-order valence-electron chi connectivity index (χ3n) is 4.77. The zero-order chi connectivity index (χ0) is 22.0. The summed E-state index contributed by atoms with van der Waals surface area (Å²) < 4.78 is 38.1. The average Bonchev–Trinajstić information content (AvgIpc) is 3.16. The number of pyridine rings is 1. The van der Waals surface area contributed by atoms with E-state index in [2.05, 4.69) is 20.6 Å². The Labute approximate surface area is 174 Å². The Balaban J connectivity index is 1.61.